The van der Waals surface area contributed by atoms with Gasteiger partial charge in [0.2, 0.25) is 0 Å². The number of ether oxygens (including phenoxy) is 1. The van der Waals surface area contributed by atoms with Crippen molar-refractivity contribution in [3.05, 3.63) is 96.7 Å². The first kappa shape index (κ1) is 34.7. The predicted molar refractivity (Wildman–Crippen MR) is 166 cm³/mol. The van der Waals surface area contributed by atoms with Crippen LogP contribution in [0, 0.1) is 0 Å². The molecule has 46 heavy (non-hydrogen) atoms. The van der Waals surface area contributed by atoms with E-state index >= 15 is 0 Å². The van der Waals surface area contributed by atoms with Gasteiger partial charge in [-0.25, -0.2) is 0 Å². The molecule has 2 amide bonds. The Morgan fingerprint density at radius 2 is 1.70 bits per heavy atom. The number of halogens is 3. The van der Waals surface area contributed by atoms with Crippen molar-refractivity contribution in [3.63, 3.8) is 0 Å². The van der Waals surface area contributed by atoms with Crippen molar-refractivity contribution in [2.75, 3.05) is 11.9 Å². The predicted octanol–water partition coefficient (Wildman–Crippen LogP) is 5.06. The molecule has 1 radical (unpaired) electrons. The van der Waals surface area contributed by atoms with Gasteiger partial charge in [-0.15, -0.1) is 0 Å². The zero-order valence-corrected chi connectivity index (χ0v) is 28.4. The number of carbonyl (C=O) groups excluding carboxylic acids is 4. The molecule has 1 aliphatic heterocycles. The second kappa shape index (κ2) is 16.4. The van der Waals surface area contributed by atoms with Crippen LogP contribution in [0.1, 0.15) is 37.8 Å². The third-order valence-electron chi connectivity index (χ3n) is 7.26. The summed E-state index contributed by atoms with van der Waals surface area (Å²) in [6.45, 7) is 2.02. The van der Waals surface area contributed by atoms with E-state index < -0.39 is 65.4 Å². The molecule has 4 rings (SSSR count). The Kier molecular flexibility index (Phi) is 12.4. The molecule has 239 valence electrons. The Bertz CT molecular complexity index is 1520. The molecular weight excluding hydrogens is 704 g/mol. The average Bonchev–Trinajstić information content (AvgIpc) is 3.58. The third-order valence-corrected chi connectivity index (χ3v) is 11.7. The van der Waals surface area contributed by atoms with Gasteiger partial charge in [-0.05, 0) is 6.07 Å². The minimum atomic E-state index is -5.35. The summed E-state index contributed by atoms with van der Waals surface area (Å²) < 4.78 is 43.3. The van der Waals surface area contributed by atoms with E-state index in [0.717, 1.165) is 15.3 Å². The maximum absolute atomic E-state index is 14.0. The van der Waals surface area contributed by atoms with Crippen molar-refractivity contribution in [3.8, 4) is 11.1 Å². The first-order chi connectivity index (χ1) is 22.0. The number of esters is 2. The Hall–Kier alpha value is -4.13. The van der Waals surface area contributed by atoms with E-state index in [1.807, 2.05) is 48.6 Å². The van der Waals surface area contributed by atoms with E-state index in [-0.39, 0.29) is 16.1 Å². The maximum atomic E-state index is 14.0. The van der Waals surface area contributed by atoms with E-state index in [1.54, 1.807) is 42.6 Å². The molecule has 2 aromatic carbocycles. The summed E-state index contributed by atoms with van der Waals surface area (Å²) in [4.78, 5) is 56.7. The van der Waals surface area contributed by atoms with Gasteiger partial charge in [0.1, 0.15) is 0 Å². The van der Waals surface area contributed by atoms with Crippen molar-refractivity contribution in [1.29, 1.82) is 0 Å². The molecule has 3 atom stereocenters. The Morgan fingerprint density at radius 1 is 1.00 bits per heavy atom. The quantitative estimate of drug-likeness (QED) is 0.109. The Morgan fingerprint density at radius 3 is 2.33 bits per heavy atom. The number of hydrogen-bond acceptors (Lipinski definition) is 7. The van der Waals surface area contributed by atoms with Crippen LogP contribution in [0.5, 0.6) is 0 Å². The molecule has 0 bridgehead atoms. The molecule has 0 fully saturated rings. The fourth-order valence-electron chi connectivity index (χ4n) is 5.03. The van der Waals surface area contributed by atoms with Gasteiger partial charge >= 0.3 is 259 Å². The molecule has 3 aromatic rings. The number of anilines is 1. The molecule has 0 saturated carbocycles. The number of nitrogens with one attached hydrogen (secondary N) is 2. The molecule has 13 heteroatoms. The third kappa shape index (κ3) is 9.93. The molecule has 1 aromatic heterocycles. The number of amides is 2. The summed E-state index contributed by atoms with van der Waals surface area (Å²) in [6.07, 6.45) is 0.0344. The molecule has 1 aliphatic rings. The first-order valence-corrected chi connectivity index (χ1v) is 19.0. The van der Waals surface area contributed by atoms with Crippen LogP contribution < -0.4 is 10.6 Å². The second-order valence-corrected chi connectivity index (χ2v) is 15.3. The van der Waals surface area contributed by atoms with E-state index in [0.29, 0.717) is 24.3 Å². The number of aromatic nitrogens is 1. The normalized spacial score (nSPS) is 15.3. The Balaban J connectivity index is 1.53. The summed E-state index contributed by atoms with van der Waals surface area (Å²) in [5.74, 6) is -4.20. The van der Waals surface area contributed by atoms with Crippen LogP contribution in [0.4, 0.5) is 19.0 Å². The minimum absolute atomic E-state index is 0.134. The van der Waals surface area contributed by atoms with Gasteiger partial charge < -0.3 is 0 Å². The van der Waals surface area contributed by atoms with Crippen molar-refractivity contribution in [1.82, 2.24) is 15.2 Å². The summed E-state index contributed by atoms with van der Waals surface area (Å²) >= 11 is -1.47. The topological polar surface area (TPSA) is 118 Å². The van der Waals surface area contributed by atoms with Crippen molar-refractivity contribution < 1.29 is 37.1 Å². The van der Waals surface area contributed by atoms with Crippen LogP contribution in [0.25, 0.3) is 11.1 Å². The standard InChI is InChI=1S/C33H33F3N4O5.In/c1-3-4-21-40(31(43)23(2)39-29(41)14-10-20-38-28-13-8-9-19-37-28)27(22-30(42)45-32(44)33(34,35)36)26-17-15-25(16-18-26)24-11-6-5-7-12-24;/h3-9,11-13,15-19,21,23,27H,1,10,14,20,22H2,2H3,(H,37,38)(H,39,41);. The number of carbonyl (C=O) groups is 4. The first-order valence-electron chi connectivity index (χ1n) is 14.8. The van der Waals surface area contributed by atoms with Crippen LogP contribution in [0.2, 0.25) is 4.18 Å². The molecular formula is C33H33F3InN4O5. The number of nitrogens with zero attached hydrogens (tertiary/aromatic N) is 2. The molecule has 0 aliphatic carbocycles. The Labute approximate surface area is 276 Å². The van der Waals surface area contributed by atoms with Gasteiger partial charge in [-0.1, -0.05) is 6.07 Å². The molecule has 0 saturated heterocycles. The number of hydrogen-bond donors (Lipinski definition) is 2. The number of rotatable bonds is 13. The molecule has 9 nitrogen and oxygen atoms in total. The molecule has 3 unspecified atom stereocenters. The van der Waals surface area contributed by atoms with Gasteiger partial charge in [0.15, 0.2) is 0 Å². The van der Waals surface area contributed by atoms with Gasteiger partial charge in [0.05, 0.1) is 0 Å². The zero-order valence-electron chi connectivity index (χ0n) is 25.1. The fourth-order valence-corrected chi connectivity index (χ4v) is 9.28. The van der Waals surface area contributed by atoms with E-state index in [9.17, 15) is 32.3 Å². The number of benzene rings is 2. The SMILES string of the molecule is CC(NC(=O)CCCNc1ccccn1)C(=O)N([CH]1C=C[CH2][In]1)C(CC(=O)OC(=O)C(F)(F)F)c1ccc(-c2ccccc2)cc1. The van der Waals surface area contributed by atoms with Crippen LogP contribution in [0.15, 0.2) is 91.1 Å². The van der Waals surface area contributed by atoms with Gasteiger partial charge in [0.25, 0.3) is 0 Å². The van der Waals surface area contributed by atoms with Crippen molar-refractivity contribution in [2.45, 2.75) is 52.4 Å². The van der Waals surface area contributed by atoms with Crippen LogP contribution >= 0.6 is 0 Å². The van der Waals surface area contributed by atoms with Gasteiger partial charge in [-0.3, -0.25) is 0 Å². The van der Waals surface area contributed by atoms with Crippen LogP contribution in [-0.4, -0.2) is 79.1 Å². The van der Waals surface area contributed by atoms with E-state index in [1.165, 1.54) is 11.8 Å². The van der Waals surface area contributed by atoms with E-state index in [2.05, 4.69) is 20.4 Å². The number of alkyl halides is 3. The number of pyridine rings is 1. The van der Waals surface area contributed by atoms with Crippen LogP contribution in [-0.2, 0) is 23.9 Å². The molecule has 2 N–H and O–H groups in total. The monoisotopic (exact) mass is 737 g/mol. The zero-order chi connectivity index (χ0) is 33.1. The molecule has 0 spiro atoms. The van der Waals surface area contributed by atoms with Crippen molar-refractivity contribution >= 4 is 52.5 Å². The summed E-state index contributed by atoms with van der Waals surface area (Å²) in [7, 11) is 0. The molecule has 2 heterocycles. The van der Waals surface area contributed by atoms with Crippen LogP contribution in [0.3, 0.4) is 0 Å². The average molecular weight is 737 g/mol. The summed E-state index contributed by atoms with van der Waals surface area (Å²) in [5.41, 5.74) is 2.26. The second-order valence-electron chi connectivity index (χ2n) is 10.6. The summed E-state index contributed by atoms with van der Waals surface area (Å²) in [5, 5.41) is 5.84. The van der Waals surface area contributed by atoms with E-state index in [4.69, 9.17) is 0 Å². The van der Waals surface area contributed by atoms with Gasteiger partial charge in [0, 0.05) is 6.20 Å². The number of allylic oxidation sites excluding steroid dienone is 1. The van der Waals surface area contributed by atoms with Gasteiger partial charge in [-0.2, -0.15) is 0 Å². The fraction of sp³-hybridized carbons (Fsp3) is 0.303. The van der Waals surface area contributed by atoms with Crippen molar-refractivity contribution in [2.24, 2.45) is 0 Å². The summed E-state index contributed by atoms with van der Waals surface area (Å²) in [6, 6.07) is 19.9.